The first kappa shape index (κ1) is 21.9. The lowest BCUT2D eigenvalue weighted by atomic mass is 9.73. The third kappa shape index (κ3) is 4.45. The maximum atomic E-state index is 5.79. The number of thiocarbonyl (C=S) groups is 1. The van der Waals surface area contributed by atoms with Crippen molar-refractivity contribution in [2.75, 3.05) is 25.5 Å². The van der Waals surface area contributed by atoms with E-state index in [-0.39, 0.29) is 6.04 Å². The summed E-state index contributed by atoms with van der Waals surface area (Å²) >= 11 is 5.79. The Morgan fingerprint density at radius 3 is 2.82 bits per heavy atom. The van der Waals surface area contributed by atoms with E-state index in [1.54, 1.807) is 7.11 Å². The zero-order chi connectivity index (χ0) is 22.8. The number of nitrogens with zero attached hydrogens (tertiary/aromatic N) is 2. The van der Waals surface area contributed by atoms with Crippen LogP contribution in [0, 0.1) is 11.8 Å². The molecule has 3 aliphatic heterocycles. The fourth-order valence-electron chi connectivity index (χ4n) is 5.48. The van der Waals surface area contributed by atoms with Crippen molar-refractivity contribution < 1.29 is 4.74 Å². The number of nitrogens with one attached hydrogen (secondary N) is 2. The average molecular weight is 459 g/mol. The molecule has 3 aromatic rings. The van der Waals surface area contributed by atoms with Crippen molar-refractivity contribution in [2.24, 2.45) is 11.8 Å². The van der Waals surface area contributed by atoms with Crippen LogP contribution in [0.2, 0.25) is 0 Å². The highest BCUT2D eigenvalue weighted by Crippen LogP contribution is 2.42. The highest BCUT2D eigenvalue weighted by molar-refractivity contribution is 7.80. The predicted molar refractivity (Wildman–Crippen MR) is 139 cm³/mol. The number of anilines is 1. The minimum absolute atomic E-state index is 0.0277. The number of piperidine rings is 3. The fourth-order valence-corrected chi connectivity index (χ4v) is 5.72. The number of rotatable bonds is 6. The normalized spacial score (nSPS) is 24.8. The second kappa shape index (κ2) is 9.49. The molecule has 0 aliphatic carbocycles. The van der Waals surface area contributed by atoms with Crippen LogP contribution in [-0.2, 0) is 0 Å². The van der Waals surface area contributed by atoms with Gasteiger partial charge in [-0.15, -0.1) is 6.58 Å². The van der Waals surface area contributed by atoms with Gasteiger partial charge in [-0.3, -0.25) is 9.88 Å². The molecule has 5 nitrogen and oxygen atoms in total. The molecule has 0 radical (unpaired) electrons. The SMILES string of the molecule is C=C[C@H]1CN2CC[C@H]1C[C@H]2[C@@H](NC(=S)Nc1ccccc1)c1ccnc2ccc(OC)cc12. The fraction of sp³-hybridized carbons (Fsp3) is 0.333. The van der Waals surface area contributed by atoms with E-state index in [4.69, 9.17) is 17.0 Å². The number of hydrogen-bond donors (Lipinski definition) is 2. The Morgan fingerprint density at radius 2 is 2.09 bits per heavy atom. The highest BCUT2D eigenvalue weighted by Gasteiger charge is 2.43. The number of aromatic nitrogens is 1. The van der Waals surface area contributed by atoms with Crippen LogP contribution >= 0.6 is 12.2 Å². The first-order valence-corrected chi connectivity index (χ1v) is 12.0. The van der Waals surface area contributed by atoms with Gasteiger partial charge in [-0.05, 0) is 85.4 Å². The summed E-state index contributed by atoms with van der Waals surface area (Å²) in [6.45, 7) is 6.26. The standard InChI is InChI=1S/C27H30N4OS/c1-3-18-17-31-14-12-19(18)15-25(31)26(30-27(33)29-20-7-5-4-6-8-20)22-11-13-28-24-10-9-21(32-2)16-23(22)24/h3-11,13,16,18-19,25-26H,1,12,14-15,17H2,2H3,(H2,29,30,33)/t18-,19-,25-,26-/m0/s1. The van der Waals surface area contributed by atoms with Gasteiger partial charge in [0.05, 0.1) is 18.7 Å². The van der Waals surface area contributed by atoms with Crippen molar-refractivity contribution >= 4 is 33.9 Å². The van der Waals surface area contributed by atoms with E-state index >= 15 is 0 Å². The number of para-hydroxylation sites is 1. The van der Waals surface area contributed by atoms with E-state index < -0.39 is 0 Å². The highest BCUT2D eigenvalue weighted by atomic mass is 32.1. The minimum Gasteiger partial charge on any atom is -0.497 e. The van der Waals surface area contributed by atoms with Crippen molar-refractivity contribution in [3.8, 4) is 5.75 Å². The molecule has 1 unspecified atom stereocenters. The van der Waals surface area contributed by atoms with E-state index in [9.17, 15) is 0 Å². The van der Waals surface area contributed by atoms with Gasteiger partial charge in [-0.1, -0.05) is 24.3 Å². The summed E-state index contributed by atoms with van der Waals surface area (Å²) in [6.07, 6.45) is 6.40. The number of methoxy groups -OCH3 is 1. The molecule has 6 rings (SSSR count). The monoisotopic (exact) mass is 458 g/mol. The molecule has 2 bridgehead atoms. The molecule has 170 valence electrons. The number of ether oxygens (including phenoxy) is 1. The molecule has 0 amide bonds. The van der Waals surface area contributed by atoms with Crippen molar-refractivity contribution in [3.05, 3.63) is 79.0 Å². The summed E-state index contributed by atoms with van der Waals surface area (Å²) in [7, 11) is 1.70. The second-order valence-electron chi connectivity index (χ2n) is 8.97. The number of fused-ring (bicyclic) bond motifs is 4. The van der Waals surface area contributed by atoms with Gasteiger partial charge >= 0.3 is 0 Å². The molecule has 3 saturated heterocycles. The smallest absolute Gasteiger partial charge is 0.171 e. The number of pyridine rings is 1. The third-order valence-corrected chi connectivity index (χ3v) is 7.39. The van der Waals surface area contributed by atoms with Crippen LogP contribution < -0.4 is 15.4 Å². The molecule has 2 aromatic carbocycles. The summed E-state index contributed by atoms with van der Waals surface area (Å²) in [5.74, 6) is 2.07. The third-order valence-electron chi connectivity index (χ3n) is 7.17. The first-order valence-electron chi connectivity index (χ1n) is 11.6. The van der Waals surface area contributed by atoms with Crippen molar-refractivity contribution in [2.45, 2.75) is 24.9 Å². The maximum absolute atomic E-state index is 5.79. The lowest BCUT2D eigenvalue weighted by Crippen LogP contribution is -2.57. The molecular formula is C27H30N4OS. The molecule has 0 saturated carbocycles. The summed E-state index contributed by atoms with van der Waals surface area (Å²) in [6, 6.07) is 18.6. The molecule has 3 aliphatic rings. The largest absolute Gasteiger partial charge is 0.497 e. The van der Waals surface area contributed by atoms with Crippen molar-refractivity contribution in [1.82, 2.24) is 15.2 Å². The van der Waals surface area contributed by atoms with E-state index in [1.807, 2.05) is 48.7 Å². The van der Waals surface area contributed by atoms with Gasteiger partial charge in [0.25, 0.3) is 0 Å². The summed E-state index contributed by atoms with van der Waals surface area (Å²) in [4.78, 5) is 7.22. The Morgan fingerprint density at radius 1 is 1.24 bits per heavy atom. The van der Waals surface area contributed by atoms with E-state index in [0.717, 1.165) is 41.9 Å². The van der Waals surface area contributed by atoms with Gasteiger partial charge < -0.3 is 15.4 Å². The molecule has 33 heavy (non-hydrogen) atoms. The molecule has 5 atom stereocenters. The van der Waals surface area contributed by atoms with E-state index in [0.29, 0.717) is 23.0 Å². The van der Waals surface area contributed by atoms with Crippen molar-refractivity contribution in [3.63, 3.8) is 0 Å². The summed E-state index contributed by atoms with van der Waals surface area (Å²) in [5.41, 5.74) is 3.14. The predicted octanol–water partition coefficient (Wildman–Crippen LogP) is 5.17. The van der Waals surface area contributed by atoms with Gasteiger partial charge in [-0.2, -0.15) is 0 Å². The molecule has 1 aromatic heterocycles. The molecule has 0 spiro atoms. The Balaban J connectivity index is 1.51. The van der Waals surface area contributed by atoms with Crippen molar-refractivity contribution in [1.29, 1.82) is 0 Å². The quantitative estimate of drug-likeness (QED) is 0.393. The van der Waals surface area contributed by atoms with Crippen LogP contribution in [0.4, 0.5) is 5.69 Å². The number of hydrogen-bond acceptors (Lipinski definition) is 4. The van der Waals surface area contributed by atoms with Crippen LogP contribution in [0.25, 0.3) is 10.9 Å². The Kier molecular flexibility index (Phi) is 6.29. The van der Waals surface area contributed by atoms with Crippen LogP contribution in [-0.4, -0.2) is 41.2 Å². The van der Waals surface area contributed by atoms with Crippen LogP contribution in [0.3, 0.4) is 0 Å². The molecule has 2 N–H and O–H groups in total. The van der Waals surface area contributed by atoms with Crippen LogP contribution in [0.5, 0.6) is 5.75 Å². The zero-order valence-electron chi connectivity index (χ0n) is 18.9. The number of benzene rings is 2. The molecule has 3 fully saturated rings. The summed E-state index contributed by atoms with van der Waals surface area (Å²) < 4.78 is 5.53. The Bertz CT molecular complexity index is 1150. The molecule has 6 heteroatoms. The zero-order valence-corrected chi connectivity index (χ0v) is 19.7. The lowest BCUT2D eigenvalue weighted by molar-refractivity contribution is 0.00443. The minimum atomic E-state index is 0.0277. The molecular weight excluding hydrogens is 428 g/mol. The van der Waals surface area contributed by atoms with Gasteiger partial charge in [0.1, 0.15) is 5.75 Å². The Hall–Kier alpha value is -2.96. The van der Waals surface area contributed by atoms with E-state index in [2.05, 4.69) is 45.3 Å². The average Bonchev–Trinajstić information content (AvgIpc) is 2.87. The topological polar surface area (TPSA) is 49.4 Å². The van der Waals surface area contributed by atoms with Gasteiger partial charge in [0.15, 0.2) is 5.11 Å². The van der Waals surface area contributed by atoms with Gasteiger partial charge in [0, 0.05) is 29.9 Å². The molecule has 4 heterocycles. The summed E-state index contributed by atoms with van der Waals surface area (Å²) in [5, 5.41) is 8.77. The van der Waals surface area contributed by atoms with E-state index in [1.165, 1.54) is 12.0 Å². The lowest BCUT2D eigenvalue weighted by Gasteiger charge is -2.52. The van der Waals surface area contributed by atoms with Crippen LogP contribution in [0.1, 0.15) is 24.4 Å². The van der Waals surface area contributed by atoms with Gasteiger partial charge in [-0.25, -0.2) is 0 Å². The first-order chi connectivity index (χ1) is 16.2. The second-order valence-corrected chi connectivity index (χ2v) is 9.38. The van der Waals surface area contributed by atoms with Crippen LogP contribution in [0.15, 0.2) is 73.4 Å². The van der Waals surface area contributed by atoms with Gasteiger partial charge in [0.2, 0.25) is 0 Å². The maximum Gasteiger partial charge on any atom is 0.171 e. The Labute approximate surface area is 200 Å².